The highest BCUT2D eigenvalue weighted by Gasteiger charge is 2.26. The van der Waals surface area contributed by atoms with Crippen molar-refractivity contribution in [1.29, 1.82) is 0 Å². The van der Waals surface area contributed by atoms with Crippen molar-refractivity contribution in [1.82, 2.24) is 0 Å². The van der Waals surface area contributed by atoms with Crippen LogP contribution < -0.4 is 4.31 Å². The Balaban J connectivity index is 2.53. The quantitative estimate of drug-likeness (QED) is 0.620. The summed E-state index contributed by atoms with van der Waals surface area (Å²) in [4.78, 5) is 11.4. The first-order chi connectivity index (χ1) is 10.3. The van der Waals surface area contributed by atoms with Crippen molar-refractivity contribution in [3.05, 3.63) is 57.5 Å². The van der Waals surface area contributed by atoms with Crippen molar-refractivity contribution < 1.29 is 13.2 Å². The number of carbonyl (C=O) groups excluding carboxylic acids is 1. The van der Waals surface area contributed by atoms with E-state index < -0.39 is 21.8 Å². The van der Waals surface area contributed by atoms with Gasteiger partial charge in [-0.15, -0.1) is 0 Å². The highest BCUT2D eigenvalue weighted by molar-refractivity contribution is 9.10. The van der Waals surface area contributed by atoms with Crippen LogP contribution in [0.4, 0.5) is 5.69 Å². The van der Waals surface area contributed by atoms with Gasteiger partial charge in [-0.2, -0.15) is 0 Å². The molecule has 2 aromatic carbocycles. The molecule has 0 spiro atoms. The first kappa shape index (κ1) is 17.5. The van der Waals surface area contributed by atoms with Gasteiger partial charge in [-0.25, -0.2) is 8.42 Å². The fourth-order valence-electron chi connectivity index (χ4n) is 1.79. The van der Waals surface area contributed by atoms with Crippen LogP contribution in [0.3, 0.4) is 0 Å². The van der Waals surface area contributed by atoms with Crippen molar-refractivity contribution in [3.63, 3.8) is 0 Å². The molecule has 0 N–H and O–H groups in total. The Morgan fingerprint density at radius 1 is 1.05 bits per heavy atom. The molecule has 4 nitrogen and oxygen atoms in total. The third-order valence-corrected chi connectivity index (χ3v) is 5.70. The summed E-state index contributed by atoms with van der Waals surface area (Å²) in [5.74, 6) is 0. The van der Waals surface area contributed by atoms with Gasteiger partial charge in [-0.1, -0.05) is 37.9 Å². The minimum Gasteiger partial charge on any atom is -0.279 e. The maximum atomic E-state index is 12.8. The van der Waals surface area contributed by atoms with Crippen LogP contribution >= 0.6 is 43.5 Å². The predicted molar refractivity (Wildman–Crippen MR) is 93.7 cm³/mol. The van der Waals surface area contributed by atoms with E-state index in [0.29, 0.717) is 10.2 Å². The van der Waals surface area contributed by atoms with E-state index in [0.717, 1.165) is 8.78 Å². The van der Waals surface area contributed by atoms with Gasteiger partial charge in [0.25, 0.3) is 10.0 Å². The Kier molecular flexibility index (Phi) is 5.65. The minimum absolute atomic E-state index is 0.0774. The number of sulfonamides is 1. The summed E-state index contributed by atoms with van der Waals surface area (Å²) in [6.07, 6.45) is 0. The summed E-state index contributed by atoms with van der Waals surface area (Å²) < 4.78 is 28.0. The number of carbonyl (C=O) groups is 1. The van der Waals surface area contributed by atoms with E-state index in [1.54, 1.807) is 36.4 Å². The smallest absolute Gasteiger partial charge is 0.264 e. The Hall–Kier alpha value is -0.890. The lowest BCUT2D eigenvalue weighted by Gasteiger charge is -2.23. The zero-order valence-corrected chi connectivity index (χ0v) is 15.8. The molecular weight excluding hydrogens is 457 g/mol. The van der Waals surface area contributed by atoms with Gasteiger partial charge in [0.2, 0.25) is 5.24 Å². The molecule has 0 aliphatic rings. The topological polar surface area (TPSA) is 54.5 Å². The predicted octanol–water partition coefficient (Wildman–Crippen LogP) is 4.17. The molecule has 0 bridgehead atoms. The Labute approximate surface area is 150 Å². The molecule has 0 unspecified atom stereocenters. The van der Waals surface area contributed by atoms with Gasteiger partial charge in [0, 0.05) is 8.95 Å². The Bertz CT molecular complexity index is 794. The van der Waals surface area contributed by atoms with Crippen molar-refractivity contribution in [2.75, 3.05) is 10.8 Å². The van der Waals surface area contributed by atoms with Gasteiger partial charge in [0.05, 0.1) is 10.6 Å². The molecule has 0 radical (unpaired) electrons. The summed E-state index contributed by atoms with van der Waals surface area (Å²) in [7, 11) is -3.90. The molecule has 0 atom stereocenters. The second-order valence-electron chi connectivity index (χ2n) is 4.30. The fraction of sp³-hybridized carbons (Fsp3) is 0.0714. The van der Waals surface area contributed by atoms with E-state index in [2.05, 4.69) is 31.9 Å². The average Bonchev–Trinajstić information content (AvgIpc) is 2.45. The summed E-state index contributed by atoms with van der Waals surface area (Å²) in [5.41, 5.74) is 0.353. The third-order valence-electron chi connectivity index (χ3n) is 2.77. The average molecular weight is 468 g/mol. The van der Waals surface area contributed by atoms with Crippen LogP contribution in [-0.4, -0.2) is 20.2 Å². The number of nitrogens with zero attached hydrogens (tertiary/aromatic N) is 1. The fourth-order valence-corrected chi connectivity index (χ4v) is 4.05. The van der Waals surface area contributed by atoms with E-state index in [1.165, 1.54) is 12.1 Å². The molecule has 2 rings (SSSR count). The first-order valence-electron chi connectivity index (χ1n) is 6.03. The molecule has 0 aliphatic carbocycles. The van der Waals surface area contributed by atoms with E-state index in [9.17, 15) is 13.2 Å². The van der Waals surface area contributed by atoms with Crippen LogP contribution in [0.15, 0.2) is 62.4 Å². The molecule has 0 heterocycles. The van der Waals surface area contributed by atoms with Crippen molar-refractivity contribution >= 4 is 64.4 Å². The van der Waals surface area contributed by atoms with Gasteiger partial charge >= 0.3 is 0 Å². The van der Waals surface area contributed by atoms with Gasteiger partial charge in [0.15, 0.2) is 0 Å². The van der Waals surface area contributed by atoms with Crippen LogP contribution in [0.25, 0.3) is 0 Å². The Morgan fingerprint density at radius 3 is 2.23 bits per heavy atom. The summed E-state index contributed by atoms with van der Waals surface area (Å²) in [6, 6.07) is 12.8. The molecule has 116 valence electrons. The van der Waals surface area contributed by atoms with Crippen LogP contribution in [0.2, 0.25) is 0 Å². The lowest BCUT2D eigenvalue weighted by atomic mass is 10.3. The largest absolute Gasteiger partial charge is 0.279 e. The van der Waals surface area contributed by atoms with E-state index >= 15 is 0 Å². The molecule has 2 aromatic rings. The maximum absolute atomic E-state index is 12.8. The second-order valence-corrected chi connectivity index (χ2v) is 8.42. The normalized spacial score (nSPS) is 11.2. The zero-order valence-electron chi connectivity index (χ0n) is 11.0. The van der Waals surface area contributed by atoms with Crippen molar-refractivity contribution in [3.8, 4) is 0 Å². The van der Waals surface area contributed by atoms with E-state index in [1.807, 2.05) is 0 Å². The highest BCUT2D eigenvalue weighted by Crippen LogP contribution is 2.27. The second kappa shape index (κ2) is 7.12. The standard InChI is InChI=1S/C14H10Br2ClNO3S/c15-10-4-6-13(7-5-10)22(20,21)18(9-14(17)19)12-3-1-2-11(16)8-12/h1-8H,9H2. The van der Waals surface area contributed by atoms with E-state index in [4.69, 9.17) is 11.6 Å². The highest BCUT2D eigenvalue weighted by atomic mass is 79.9. The number of benzene rings is 2. The number of hydrogen-bond acceptors (Lipinski definition) is 3. The van der Waals surface area contributed by atoms with Gasteiger partial charge < -0.3 is 0 Å². The molecule has 0 saturated carbocycles. The Morgan fingerprint density at radius 2 is 1.68 bits per heavy atom. The third kappa shape index (κ3) is 4.10. The molecule has 0 fully saturated rings. The summed E-state index contributed by atoms with van der Waals surface area (Å²) >= 11 is 12.0. The molecule has 22 heavy (non-hydrogen) atoms. The van der Waals surface area contributed by atoms with Crippen molar-refractivity contribution in [2.45, 2.75) is 4.90 Å². The number of hydrogen-bond donors (Lipinski definition) is 0. The molecular formula is C14H10Br2ClNO3S. The maximum Gasteiger partial charge on any atom is 0.264 e. The number of anilines is 1. The van der Waals surface area contributed by atoms with Crippen LogP contribution in [-0.2, 0) is 14.8 Å². The lowest BCUT2D eigenvalue weighted by molar-refractivity contribution is -0.110. The van der Waals surface area contributed by atoms with E-state index in [-0.39, 0.29) is 4.90 Å². The summed E-state index contributed by atoms with van der Waals surface area (Å²) in [5, 5.41) is -0.763. The molecule has 0 amide bonds. The molecule has 0 aliphatic heterocycles. The monoisotopic (exact) mass is 465 g/mol. The zero-order chi connectivity index (χ0) is 16.3. The van der Waals surface area contributed by atoms with Gasteiger partial charge in [-0.05, 0) is 54.1 Å². The summed E-state index contributed by atoms with van der Waals surface area (Å²) in [6.45, 7) is -0.448. The lowest BCUT2D eigenvalue weighted by Crippen LogP contribution is -2.34. The molecule has 8 heteroatoms. The minimum atomic E-state index is -3.90. The van der Waals surface area contributed by atoms with Crippen molar-refractivity contribution in [2.24, 2.45) is 0 Å². The van der Waals surface area contributed by atoms with Gasteiger partial charge in [-0.3, -0.25) is 9.10 Å². The van der Waals surface area contributed by atoms with Crippen LogP contribution in [0, 0.1) is 0 Å². The number of rotatable bonds is 5. The molecule has 0 saturated heterocycles. The first-order valence-corrected chi connectivity index (χ1v) is 9.43. The van der Waals surface area contributed by atoms with Crippen LogP contribution in [0.1, 0.15) is 0 Å². The van der Waals surface area contributed by atoms with Crippen LogP contribution in [0.5, 0.6) is 0 Å². The van der Waals surface area contributed by atoms with Gasteiger partial charge in [0.1, 0.15) is 6.54 Å². The molecule has 0 aromatic heterocycles. The number of halogens is 3. The SMILES string of the molecule is O=C(Cl)CN(c1cccc(Br)c1)S(=O)(=O)c1ccc(Br)cc1.